The fraction of sp³-hybridized carbons (Fsp3) is 0.400. The van der Waals surface area contributed by atoms with Gasteiger partial charge in [0.15, 0.2) is 0 Å². The van der Waals surface area contributed by atoms with Crippen LogP contribution in [0.5, 0.6) is 11.5 Å². The molecule has 4 nitrogen and oxygen atoms in total. The maximum absolute atomic E-state index is 12.0. The van der Waals surface area contributed by atoms with Crippen LogP contribution in [-0.4, -0.2) is 29.6 Å². The van der Waals surface area contributed by atoms with Crippen molar-refractivity contribution in [2.75, 3.05) is 0 Å². The first-order chi connectivity index (χ1) is 8.19. The Bertz CT molecular complexity index is 407. The van der Waals surface area contributed by atoms with Crippen LogP contribution < -0.4 is 14.9 Å². The van der Waals surface area contributed by atoms with Crippen molar-refractivity contribution in [1.29, 1.82) is 0 Å². The molecule has 0 aliphatic carbocycles. The maximum Gasteiger partial charge on any atom is 0.573 e. The van der Waals surface area contributed by atoms with Gasteiger partial charge in [0.25, 0.3) is 0 Å². The fourth-order valence-electron chi connectivity index (χ4n) is 1.28. The molecule has 0 aliphatic heterocycles. The zero-order valence-electron chi connectivity index (χ0n) is 9.73. The van der Waals surface area contributed by atoms with Crippen LogP contribution in [0.15, 0.2) is 18.2 Å². The van der Waals surface area contributed by atoms with Crippen molar-refractivity contribution in [2.45, 2.75) is 26.3 Å². The summed E-state index contributed by atoms with van der Waals surface area (Å²) < 4.78 is 45.0. The highest BCUT2D eigenvalue weighted by atomic mass is 19.4. The molecule has 0 spiro atoms. The monoisotopic (exact) mass is 264 g/mol. The molecule has 0 atom stereocenters. The van der Waals surface area contributed by atoms with E-state index >= 15 is 0 Å². The molecule has 2 N–H and O–H groups in total. The standard InChI is InChI=1S/C10H12BF3O4/c1-6(2)17-9-5-7(18-10(12,13)14)3-4-8(9)11(15)16/h3-6,15-16H,1-2H3. The molecule has 8 heteroatoms. The summed E-state index contributed by atoms with van der Waals surface area (Å²) in [6.45, 7) is 3.32. The minimum atomic E-state index is -4.81. The average molecular weight is 264 g/mol. The van der Waals surface area contributed by atoms with Crippen molar-refractivity contribution in [3.63, 3.8) is 0 Å². The summed E-state index contributed by atoms with van der Waals surface area (Å²) in [6, 6.07) is 3.04. The smallest absolute Gasteiger partial charge is 0.491 e. The van der Waals surface area contributed by atoms with Gasteiger partial charge < -0.3 is 19.5 Å². The van der Waals surface area contributed by atoms with E-state index in [0.717, 1.165) is 18.2 Å². The van der Waals surface area contributed by atoms with Crippen LogP contribution in [0, 0.1) is 0 Å². The Balaban J connectivity index is 3.05. The molecule has 0 saturated carbocycles. The highest BCUT2D eigenvalue weighted by Crippen LogP contribution is 2.25. The van der Waals surface area contributed by atoms with Gasteiger partial charge in [-0.3, -0.25) is 0 Å². The second kappa shape index (κ2) is 5.49. The Morgan fingerprint density at radius 3 is 2.28 bits per heavy atom. The summed E-state index contributed by atoms with van der Waals surface area (Å²) in [5.74, 6) is -0.552. The summed E-state index contributed by atoms with van der Waals surface area (Å²) in [5, 5.41) is 18.1. The molecule has 18 heavy (non-hydrogen) atoms. The number of hydrogen-bond donors (Lipinski definition) is 2. The lowest BCUT2D eigenvalue weighted by molar-refractivity contribution is -0.274. The SMILES string of the molecule is CC(C)Oc1cc(OC(F)(F)F)ccc1B(O)O. The third-order valence-electron chi connectivity index (χ3n) is 1.86. The van der Waals surface area contributed by atoms with Crippen LogP contribution in [0.4, 0.5) is 13.2 Å². The molecular weight excluding hydrogens is 252 g/mol. The highest BCUT2D eigenvalue weighted by Gasteiger charge is 2.31. The molecule has 100 valence electrons. The molecule has 0 aliphatic rings. The van der Waals surface area contributed by atoms with Gasteiger partial charge in [0, 0.05) is 11.5 Å². The summed E-state index contributed by atoms with van der Waals surface area (Å²) in [7, 11) is -1.83. The van der Waals surface area contributed by atoms with Crippen molar-refractivity contribution in [3.8, 4) is 11.5 Å². The second-order valence-corrected chi connectivity index (χ2v) is 3.79. The van der Waals surface area contributed by atoms with E-state index in [1.807, 2.05) is 0 Å². The molecule has 1 rings (SSSR count). The van der Waals surface area contributed by atoms with Gasteiger partial charge in [0.05, 0.1) is 6.10 Å². The van der Waals surface area contributed by atoms with Gasteiger partial charge in [-0.2, -0.15) is 0 Å². The lowest BCUT2D eigenvalue weighted by atomic mass is 9.79. The largest absolute Gasteiger partial charge is 0.573 e. The Morgan fingerprint density at radius 2 is 1.83 bits per heavy atom. The summed E-state index contributed by atoms with van der Waals surface area (Å²) in [4.78, 5) is 0. The number of halogens is 3. The average Bonchev–Trinajstić information content (AvgIpc) is 2.13. The first-order valence-corrected chi connectivity index (χ1v) is 5.11. The normalized spacial score (nSPS) is 11.6. The molecule has 0 bridgehead atoms. The first-order valence-electron chi connectivity index (χ1n) is 5.11. The number of alkyl halides is 3. The molecule has 0 aromatic heterocycles. The van der Waals surface area contributed by atoms with Crippen LogP contribution >= 0.6 is 0 Å². The maximum atomic E-state index is 12.0. The van der Waals surface area contributed by atoms with Gasteiger partial charge in [0.2, 0.25) is 0 Å². The fourth-order valence-corrected chi connectivity index (χ4v) is 1.28. The minimum absolute atomic E-state index is 0.0294. The lowest BCUT2D eigenvalue weighted by Crippen LogP contribution is -2.32. The molecule has 0 amide bonds. The van der Waals surface area contributed by atoms with Gasteiger partial charge in [-0.1, -0.05) is 6.07 Å². The van der Waals surface area contributed by atoms with E-state index in [9.17, 15) is 13.2 Å². The predicted molar refractivity (Wildman–Crippen MR) is 58.7 cm³/mol. The predicted octanol–water partition coefficient (Wildman–Crippen LogP) is 1.05. The highest BCUT2D eigenvalue weighted by molar-refractivity contribution is 6.59. The van der Waals surface area contributed by atoms with Gasteiger partial charge in [-0.25, -0.2) is 0 Å². The van der Waals surface area contributed by atoms with Crippen LogP contribution in [0.2, 0.25) is 0 Å². The van der Waals surface area contributed by atoms with Gasteiger partial charge in [-0.05, 0) is 19.9 Å². The summed E-state index contributed by atoms with van der Waals surface area (Å²) in [5.41, 5.74) is -0.0294. The van der Waals surface area contributed by atoms with E-state index in [0.29, 0.717) is 0 Å². The Kier molecular flexibility index (Phi) is 4.47. The zero-order valence-corrected chi connectivity index (χ0v) is 9.73. The van der Waals surface area contributed by atoms with Crippen LogP contribution in [-0.2, 0) is 0 Å². The molecule has 1 aromatic rings. The van der Waals surface area contributed by atoms with Crippen molar-refractivity contribution in [3.05, 3.63) is 18.2 Å². The van der Waals surface area contributed by atoms with E-state index < -0.39 is 19.2 Å². The van der Waals surface area contributed by atoms with Crippen molar-refractivity contribution in [2.24, 2.45) is 0 Å². The van der Waals surface area contributed by atoms with Crippen molar-refractivity contribution in [1.82, 2.24) is 0 Å². The Hall–Kier alpha value is -1.41. The van der Waals surface area contributed by atoms with Crippen LogP contribution in [0.1, 0.15) is 13.8 Å². The van der Waals surface area contributed by atoms with E-state index in [1.54, 1.807) is 13.8 Å². The summed E-state index contributed by atoms with van der Waals surface area (Å²) in [6.07, 6.45) is -5.14. The van der Waals surface area contributed by atoms with Crippen molar-refractivity contribution >= 4 is 12.6 Å². The van der Waals surface area contributed by atoms with Crippen molar-refractivity contribution < 1.29 is 32.7 Å². The molecular formula is C10H12BF3O4. The van der Waals surface area contributed by atoms with Gasteiger partial charge in [0.1, 0.15) is 11.5 Å². The third-order valence-corrected chi connectivity index (χ3v) is 1.86. The van der Waals surface area contributed by atoms with Crippen LogP contribution in [0.25, 0.3) is 0 Å². The molecule has 0 radical (unpaired) electrons. The topological polar surface area (TPSA) is 58.9 Å². The van der Waals surface area contributed by atoms with E-state index in [-0.39, 0.29) is 17.3 Å². The first kappa shape index (κ1) is 14.7. The second-order valence-electron chi connectivity index (χ2n) is 3.79. The molecule has 0 saturated heterocycles. The van der Waals surface area contributed by atoms with E-state index in [4.69, 9.17) is 14.8 Å². The lowest BCUT2D eigenvalue weighted by Gasteiger charge is -2.16. The summed E-state index contributed by atoms with van der Waals surface area (Å²) >= 11 is 0. The molecule has 0 fully saturated rings. The Labute approximate surface area is 102 Å². The minimum Gasteiger partial charge on any atom is -0.491 e. The molecule has 0 unspecified atom stereocenters. The van der Waals surface area contributed by atoms with E-state index in [1.165, 1.54) is 0 Å². The van der Waals surface area contributed by atoms with Crippen LogP contribution in [0.3, 0.4) is 0 Å². The zero-order chi connectivity index (χ0) is 13.9. The molecule has 0 heterocycles. The Morgan fingerprint density at radius 1 is 1.22 bits per heavy atom. The van der Waals surface area contributed by atoms with E-state index in [2.05, 4.69) is 4.74 Å². The van der Waals surface area contributed by atoms with Gasteiger partial charge >= 0.3 is 13.5 Å². The third kappa shape index (κ3) is 4.46. The quantitative estimate of drug-likeness (QED) is 0.798. The number of benzene rings is 1. The number of rotatable bonds is 4. The number of hydrogen-bond acceptors (Lipinski definition) is 4. The molecule has 1 aromatic carbocycles. The number of ether oxygens (including phenoxy) is 2. The van der Waals surface area contributed by atoms with Gasteiger partial charge in [-0.15, -0.1) is 13.2 Å².